The summed E-state index contributed by atoms with van der Waals surface area (Å²) in [5, 5.41) is 3.48. The molecule has 182 valence electrons. The average Bonchev–Trinajstić information content (AvgIpc) is 3.23. The third-order valence-corrected chi connectivity index (χ3v) is 6.41. The Balaban J connectivity index is 1.56. The first kappa shape index (κ1) is 24.7. The lowest BCUT2D eigenvalue weighted by molar-refractivity contribution is -0.139. The number of hydrogen-bond acceptors (Lipinski definition) is 7. The SMILES string of the molecule is COC(=O)c1nc(Cl)ccc1N[C@H](C)c1cc(C)cc(C2C(=O)OCC2CCc2ccccc2)n1. The molecule has 0 saturated carbocycles. The number of nitrogens with zero attached hydrogens (tertiary/aromatic N) is 2. The van der Waals surface area contributed by atoms with Crippen LogP contribution in [0.3, 0.4) is 0 Å². The minimum Gasteiger partial charge on any atom is -0.465 e. The fraction of sp³-hybridized carbons (Fsp3) is 0.333. The van der Waals surface area contributed by atoms with Crippen molar-refractivity contribution in [1.82, 2.24) is 9.97 Å². The molecule has 0 radical (unpaired) electrons. The van der Waals surface area contributed by atoms with Crippen molar-refractivity contribution in [3.05, 3.63) is 88.0 Å². The van der Waals surface area contributed by atoms with Gasteiger partial charge in [-0.3, -0.25) is 9.78 Å². The Kier molecular flexibility index (Phi) is 7.66. The van der Waals surface area contributed by atoms with E-state index in [1.807, 2.05) is 44.2 Å². The molecule has 3 aromatic rings. The number of aromatic nitrogens is 2. The van der Waals surface area contributed by atoms with Gasteiger partial charge in [-0.05, 0) is 62.1 Å². The highest BCUT2D eigenvalue weighted by atomic mass is 35.5. The van der Waals surface area contributed by atoms with Crippen LogP contribution >= 0.6 is 11.6 Å². The van der Waals surface area contributed by atoms with Gasteiger partial charge in [0.05, 0.1) is 36.8 Å². The van der Waals surface area contributed by atoms with Crippen LogP contribution in [0.15, 0.2) is 54.6 Å². The average molecular weight is 494 g/mol. The molecule has 0 bridgehead atoms. The number of halogens is 1. The molecule has 7 nitrogen and oxygen atoms in total. The summed E-state index contributed by atoms with van der Waals surface area (Å²) in [5.41, 5.74) is 4.26. The maximum atomic E-state index is 12.7. The number of cyclic esters (lactones) is 1. The smallest absolute Gasteiger partial charge is 0.358 e. The van der Waals surface area contributed by atoms with E-state index in [-0.39, 0.29) is 28.8 Å². The Morgan fingerprint density at radius 1 is 1.20 bits per heavy atom. The van der Waals surface area contributed by atoms with Gasteiger partial charge in [0.25, 0.3) is 0 Å². The zero-order valence-corrected chi connectivity index (χ0v) is 20.7. The monoisotopic (exact) mass is 493 g/mol. The maximum Gasteiger partial charge on any atom is 0.358 e. The molecular formula is C27H28ClN3O4. The molecule has 3 atom stereocenters. The first-order valence-corrected chi connectivity index (χ1v) is 11.9. The number of esters is 2. The number of nitrogens with one attached hydrogen (secondary N) is 1. The normalized spacial score (nSPS) is 18.1. The van der Waals surface area contributed by atoms with Crippen molar-refractivity contribution in [2.24, 2.45) is 5.92 Å². The molecule has 1 aromatic carbocycles. The zero-order valence-electron chi connectivity index (χ0n) is 20.0. The van der Waals surface area contributed by atoms with E-state index in [0.29, 0.717) is 18.0 Å². The summed E-state index contributed by atoms with van der Waals surface area (Å²) in [7, 11) is 1.29. The van der Waals surface area contributed by atoms with Crippen LogP contribution in [0.4, 0.5) is 5.69 Å². The summed E-state index contributed by atoms with van der Waals surface area (Å²) in [6, 6.07) is 17.1. The molecule has 1 N–H and O–H groups in total. The van der Waals surface area contributed by atoms with E-state index in [4.69, 9.17) is 26.1 Å². The summed E-state index contributed by atoms with van der Waals surface area (Å²) >= 11 is 5.97. The number of pyridine rings is 2. The van der Waals surface area contributed by atoms with Crippen LogP contribution in [0, 0.1) is 12.8 Å². The van der Waals surface area contributed by atoms with Gasteiger partial charge in [-0.15, -0.1) is 0 Å². The van der Waals surface area contributed by atoms with Crippen LogP contribution in [0.25, 0.3) is 0 Å². The second kappa shape index (κ2) is 10.9. The Labute approximate surface area is 209 Å². The third kappa shape index (κ3) is 5.80. The van der Waals surface area contributed by atoms with E-state index in [2.05, 4.69) is 22.4 Å². The van der Waals surface area contributed by atoms with Crippen molar-refractivity contribution in [2.75, 3.05) is 19.0 Å². The van der Waals surface area contributed by atoms with Crippen LogP contribution in [0.1, 0.15) is 58.3 Å². The van der Waals surface area contributed by atoms with E-state index in [1.54, 1.807) is 12.1 Å². The molecule has 1 aliphatic heterocycles. The van der Waals surface area contributed by atoms with E-state index >= 15 is 0 Å². The summed E-state index contributed by atoms with van der Waals surface area (Å²) in [4.78, 5) is 33.8. The summed E-state index contributed by atoms with van der Waals surface area (Å²) in [6.07, 6.45) is 1.70. The van der Waals surface area contributed by atoms with Crippen molar-refractivity contribution in [1.29, 1.82) is 0 Å². The number of carbonyl (C=O) groups is 2. The van der Waals surface area contributed by atoms with E-state index < -0.39 is 11.9 Å². The van der Waals surface area contributed by atoms with Crippen molar-refractivity contribution < 1.29 is 19.1 Å². The van der Waals surface area contributed by atoms with Crippen LogP contribution in [0.2, 0.25) is 5.15 Å². The molecule has 1 saturated heterocycles. The van der Waals surface area contributed by atoms with Crippen LogP contribution in [-0.4, -0.2) is 35.6 Å². The second-order valence-electron chi connectivity index (χ2n) is 8.77. The van der Waals surface area contributed by atoms with Gasteiger partial charge in [-0.25, -0.2) is 9.78 Å². The standard InChI is InChI=1S/C27H28ClN3O4/c1-16-13-21(17(2)29-20-11-12-23(28)31-25(20)27(33)34-3)30-22(14-16)24-19(15-35-26(24)32)10-9-18-7-5-4-6-8-18/h4-8,11-14,17,19,24,29H,9-10,15H2,1-3H3/t17-,19?,24?/m1/s1. The largest absolute Gasteiger partial charge is 0.465 e. The molecule has 1 fully saturated rings. The molecule has 0 amide bonds. The van der Waals surface area contributed by atoms with Crippen LogP contribution < -0.4 is 5.32 Å². The Morgan fingerprint density at radius 2 is 1.97 bits per heavy atom. The molecule has 3 heterocycles. The van der Waals surface area contributed by atoms with Gasteiger partial charge in [-0.1, -0.05) is 41.9 Å². The molecule has 0 aliphatic carbocycles. The number of ether oxygens (including phenoxy) is 2. The zero-order chi connectivity index (χ0) is 24.9. The number of hydrogen-bond donors (Lipinski definition) is 1. The van der Waals surface area contributed by atoms with Gasteiger partial charge in [0.1, 0.15) is 11.1 Å². The lowest BCUT2D eigenvalue weighted by Gasteiger charge is -2.20. The highest BCUT2D eigenvalue weighted by molar-refractivity contribution is 6.29. The molecule has 35 heavy (non-hydrogen) atoms. The highest BCUT2D eigenvalue weighted by Gasteiger charge is 2.39. The fourth-order valence-corrected chi connectivity index (χ4v) is 4.54. The van der Waals surface area contributed by atoms with E-state index in [1.165, 1.54) is 12.7 Å². The molecule has 2 aromatic heterocycles. The van der Waals surface area contributed by atoms with Crippen LogP contribution in [-0.2, 0) is 20.7 Å². The minimum absolute atomic E-state index is 0.0551. The first-order valence-electron chi connectivity index (χ1n) is 11.6. The summed E-state index contributed by atoms with van der Waals surface area (Å²) in [6.45, 7) is 4.31. The predicted molar refractivity (Wildman–Crippen MR) is 134 cm³/mol. The molecule has 8 heteroatoms. The Bertz CT molecular complexity index is 1220. The van der Waals surface area contributed by atoms with Crippen molar-refractivity contribution in [2.45, 2.75) is 38.6 Å². The molecular weight excluding hydrogens is 466 g/mol. The van der Waals surface area contributed by atoms with Crippen LogP contribution in [0.5, 0.6) is 0 Å². The number of carbonyl (C=O) groups excluding carboxylic acids is 2. The predicted octanol–water partition coefficient (Wildman–Crippen LogP) is 5.29. The van der Waals surface area contributed by atoms with E-state index in [0.717, 1.165) is 24.1 Å². The summed E-state index contributed by atoms with van der Waals surface area (Å²) in [5.74, 6) is -1.18. The molecule has 1 aliphatic rings. The van der Waals surface area contributed by atoms with Crippen molar-refractivity contribution >= 4 is 29.2 Å². The van der Waals surface area contributed by atoms with Gasteiger partial charge in [0.2, 0.25) is 0 Å². The van der Waals surface area contributed by atoms with Gasteiger partial charge in [0, 0.05) is 5.92 Å². The Hall–Kier alpha value is -3.45. The Morgan fingerprint density at radius 3 is 2.71 bits per heavy atom. The minimum atomic E-state index is -0.588. The topological polar surface area (TPSA) is 90.4 Å². The molecule has 0 spiro atoms. The lowest BCUT2D eigenvalue weighted by atomic mass is 9.86. The van der Waals surface area contributed by atoms with Gasteiger partial charge in [0.15, 0.2) is 5.69 Å². The quantitative estimate of drug-likeness (QED) is 0.337. The van der Waals surface area contributed by atoms with Gasteiger partial charge in [-0.2, -0.15) is 0 Å². The van der Waals surface area contributed by atoms with Crippen molar-refractivity contribution in [3.8, 4) is 0 Å². The second-order valence-corrected chi connectivity index (χ2v) is 9.16. The van der Waals surface area contributed by atoms with Gasteiger partial charge < -0.3 is 14.8 Å². The first-order chi connectivity index (χ1) is 16.9. The van der Waals surface area contributed by atoms with Crippen molar-refractivity contribution in [3.63, 3.8) is 0 Å². The molecule has 2 unspecified atom stereocenters. The molecule has 4 rings (SSSR count). The third-order valence-electron chi connectivity index (χ3n) is 6.20. The number of anilines is 1. The number of methoxy groups -OCH3 is 1. The number of aryl methyl sites for hydroxylation is 2. The lowest BCUT2D eigenvalue weighted by Crippen LogP contribution is -2.19. The summed E-state index contributed by atoms with van der Waals surface area (Å²) < 4.78 is 10.3. The fourth-order valence-electron chi connectivity index (χ4n) is 4.39. The highest BCUT2D eigenvalue weighted by Crippen LogP contribution is 2.35. The number of rotatable bonds is 8. The van der Waals surface area contributed by atoms with Gasteiger partial charge >= 0.3 is 11.9 Å². The number of benzene rings is 1. The maximum absolute atomic E-state index is 12.7. The van der Waals surface area contributed by atoms with E-state index in [9.17, 15) is 9.59 Å².